The SMILES string of the molecule is CCOC(=O)c1ccc(C(=O)OCC)c(NC(=O)/C=C/c2ccc(C(=O)Oc3ccc(C(=N)N)cc3)cc2C)c1. The second-order valence-electron chi connectivity index (χ2n) is 8.42. The lowest BCUT2D eigenvalue weighted by atomic mass is 10.0. The monoisotopic (exact) mass is 543 g/mol. The highest BCUT2D eigenvalue weighted by molar-refractivity contribution is 6.07. The summed E-state index contributed by atoms with van der Waals surface area (Å²) in [5, 5.41) is 10.0. The van der Waals surface area contributed by atoms with Gasteiger partial charge in [-0.25, -0.2) is 14.4 Å². The minimum atomic E-state index is -0.648. The summed E-state index contributed by atoms with van der Waals surface area (Å²) in [6.07, 6.45) is 2.82. The minimum absolute atomic E-state index is 0.0875. The van der Waals surface area contributed by atoms with Gasteiger partial charge in [0, 0.05) is 11.6 Å². The number of aryl methyl sites for hydroxylation is 1. The minimum Gasteiger partial charge on any atom is -0.462 e. The van der Waals surface area contributed by atoms with Gasteiger partial charge in [-0.3, -0.25) is 10.2 Å². The van der Waals surface area contributed by atoms with Gasteiger partial charge in [0.15, 0.2) is 0 Å². The Morgan fingerprint density at radius 3 is 2.05 bits per heavy atom. The van der Waals surface area contributed by atoms with Crippen LogP contribution < -0.4 is 15.8 Å². The lowest BCUT2D eigenvalue weighted by Gasteiger charge is -2.11. The normalized spacial score (nSPS) is 10.6. The lowest BCUT2D eigenvalue weighted by molar-refractivity contribution is -0.111. The first-order valence-electron chi connectivity index (χ1n) is 12.4. The number of nitrogens with two attached hydrogens (primary N) is 1. The smallest absolute Gasteiger partial charge is 0.343 e. The summed E-state index contributed by atoms with van der Waals surface area (Å²) in [4.78, 5) is 49.8. The maximum absolute atomic E-state index is 12.7. The summed E-state index contributed by atoms with van der Waals surface area (Å²) < 4.78 is 15.4. The van der Waals surface area contributed by atoms with Crippen LogP contribution in [0.4, 0.5) is 5.69 Å². The van der Waals surface area contributed by atoms with Gasteiger partial charge in [0.1, 0.15) is 11.6 Å². The van der Waals surface area contributed by atoms with Crippen LogP contribution in [0.1, 0.15) is 61.6 Å². The Kier molecular flexibility index (Phi) is 9.90. The molecule has 4 N–H and O–H groups in total. The summed E-state index contributed by atoms with van der Waals surface area (Å²) in [6, 6.07) is 15.3. The van der Waals surface area contributed by atoms with Crippen molar-refractivity contribution in [2.45, 2.75) is 20.8 Å². The number of hydrogen-bond donors (Lipinski definition) is 3. The Morgan fingerprint density at radius 2 is 1.43 bits per heavy atom. The van der Waals surface area contributed by atoms with Gasteiger partial charge in [0.25, 0.3) is 0 Å². The third-order valence-electron chi connectivity index (χ3n) is 5.58. The predicted molar refractivity (Wildman–Crippen MR) is 150 cm³/mol. The Balaban J connectivity index is 1.73. The largest absolute Gasteiger partial charge is 0.462 e. The van der Waals surface area contributed by atoms with E-state index in [1.54, 1.807) is 69.3 Å². The number of hydrogen-bond acceptors (Lipinski definition) is 8. The van der Waals surface area contributed by atoms with Gasteiger partial charge in [0.2, 0.25) is 5.91 Å². The van der Waals surface area contributed by atoms with E-state index in [-0.39, 0.29) is 35.9 Å². The van der Waals surface area contributed by atoms with Gasteiger partial charge in [-0.15, -0.1) is 0 Å². The number of benzene rings is 3. The molecular formula is C30H29N3O7. The highest BCUT2D eigenvalue weighted by Gasteiger charge is 2.18. The van der Waals surface area contributed by atoms with E-state index in [0.717, 1.165) is 0 Å². The number of ether oxygens (including phenoxy) is 3. The number of rotatable bonds is 10. The van der Waals surface area contributed by atoms with Crippen molar-refractivity contribution in [2.24, 2.45) is 5.73 Å². The van der Waals surface area contributed by atoms with E-state index in [9.17, 15) is 19.2 Å². The second kappa shape index (κ2) is 13.5. The average molecular weight is 544 g/mol. The first kappa shape index (κ1) is 29.3. The molecule has 0 aliphatic rings. The van der Waals surface area contributed by atoms with Crippen LogP contribution in [0, 0.1) is 12.3 Å². The summed E-state index contributed by atoms with van der Waals surface area (Å²) in [6.45, 7) is 5.42. The number of nitrogens with one attached hydrogen (secondary N) is 2. The molecular weight excluding hydrogens is 514 g/mol. The third-order valence-corrected chi connectivity index (χ3v) is 5.58. The molecule has 10 nitrogen and oxygen atoms in total. The summed E-state index contributed by atoms with van der Waals surface area (Å²) in [5.41, 5.74) is 8.00. The van der Waals surface area contributed by atoms with Crippen LogP contribution in [0.25, 0.3) is 6.08 Å². The molecule has 0 heterocycles. The summed E-state index contributed by atoms with van der Waals surface area (Å²) in [7, 11) is 0. The zero-order valence-corrected chi connectivity index (χ0v) is 22.3. The Bertz CT molecular complexity index is 1480. The molecule has 3 rings (SSSR count). The van der Waals surface area contributed by atoms with Crippen molar-refractivity contribution in [3.63, 3.8) is 0 Å². The van der Waals surface area contributed by atoms with E-state index in [2.05, 4.69) is 5.32 Å². The molecule has 3 aromatic rings. The van der Waals surface area contributed by atoms with Gasteiger partial charge >= 0.3 is 17.9 Å². The van der Waals surface area contributed by atoms with Crippen molar-refractivity contribution in [3.05, 3.63) is 100 Å². The molecule has 0 spiro atoms. The van der Waals surface area contributed by atoms with Crippen LogP contribution in [0.5, 0.6) is 5.75 Å². The molecule has 0 saturated carbocycles. The van der Waals surface area contributed by atoms with Crippen LogP contribution in [0.15, 0.2) is 66.7 Å². The van der Waals surface area contributed by atoms with E-state index < -0.39 is 23.8 Å². The topological polar surface area (TPSA) is 158 Å². The van der Waals surface area contributed by atoms with Gasteiger partial charge in [0.05, 0.1) is 35.6 Å². The van der Waals surface area contributed by atoms with Crippen LogP contribution in [-0.4, -0.2) is 42.9 Å². The molecule has 0 bridgehead atoms. The standard InChI is InChI=1S/C30H29N3O7/c1-4-38-28(35)22-10-14-24(30(37)39-5-2)25(17-22)33-26(34)15-11-19-6-7-21(16-18(19)3)29(36)40-23-12-8-20(9-13-23)27(31)32/h6-17H,4-5H2,1-3H3,(H3,31,32)(H,33,34)/b15-11+. The Hall–Kier alpha value is -5.25. The van der Waals surface area contributed by atoms with Crippen LogP contribution in [0.3, 0.4) is 0 Å². The van der Waals surface area contributed by atoms with Crippen molar-refractivity contribution in [1.82, 2.24) is 0 Å². The molecule has 0 aromatic heterocycles. The molecule has 0 radical (unpaired) electrons. The third kappa shape index (κ3) is 7.64. The number of amidine groups is 1. The highest BCUT2D eigenvalue weighted by atomic mass is 16.5. The van der Waals surface area contributed by atoms with Crippen molar-refractivity contribution >= 4 is 41.4 Å². The van der Waals surface area contributed by atoms with E-state index in [0.29, 0.717) is 28.0 Å². The average Bonchev–Trinajstić information content (AvgIpc) is 2.92. The van der Waals surface area contributed by atoms with Gasteiger partial charge in [-0.05, 0) is 92.6 Å². The van der Waals surface area contributed by atoms with Gasteiger partial charge < -0.3 is 25.3 Å². The zero-order valence-electron chi connectivity index (χ0n) is 22.3. The van der Waals surface area contributed by atoms with E-state index >= 15 is 0 Å². The van der Waals surface area contributed by atoms with Crippen LogP contribution in [-0.2, 0) is 14.3 Å². The van der Waals surface area contributed by atoms with E-state index in [1.807, 2.05) is 0 Å². The molecule has 0 atom stereocenters. The first-order chi connectivity index (χ1) is 19.1. The maximum Gasteiger partial charge on any atom is 0.343 e. The number of esters is 3. The van der Waals surface area contributed by atoms with Crippen LogP contribution in [0.2, 0.25) is 0 Å². The van der Waals surface area contributed by atoms with Gasteiger partial charge in [-0.1, -0.05) is 6.07 Å². The molecule has 0 aliphatic heterocycles. The van der Waals surface area contributed by atoms with E-state index in [1.165, 1.54) is 24.3 Å². The molecule has 0 aliphatic carbocycles. The molecule has 0 unspecified atom stereocenters. The number of carbonyl (C=O) groups is 4. The molecule has 10 heteroatoms. The van der Waals surface area contributed by atoms with Crippen molar-refractivity contribution in [2.75, 3.05) is 18.5 Å². The van der Waals surface area contributed by atoms with Crippen LogP contribution >= 0.6 is 0 Å². The molecule has 206 valence electrons. The number of amides is 1. The lowest BCUT2D eigenvalue weighted by Crippen LogP contribution is -2.15. The zero-order chi connectivity index (χ0) is 29.2. The quantitative estimate of drug-likeness (QED) is 0.111. The molecule has 40 heavy (non-hydrogen) atoms. The molecule has 3 aromatic carbocycles. The predicted octanol–water partition coefficient (Wildman–Crippen LogP) is 4.50. The molecule has 1 amide bonds. The molecule has 0 fully saturated rings. The number of carbonyl (C=O) groups excluding carboxylic acids is 4. The summed E-state index contributed by atoms with van der Waals surface area (Å²) in [5.74, 6) is -2.14. The number of anilines is 1. The number of nitrogen functional groups attached to an aromatic ring is 1. The highest BCUT2D eigenvalue weighted by Crippen LogP contribution is 2.21. The summed E-state index contributed by atoms with van der Waals surface area (Å²) >= 11 is 0. The second-order valence-corrected chi connectivity index (χ2v) is 8.42. The Morgan fingerprint density at radius 1 is 0.825 bits per heavy atom. The van der Waals surface area contributed by atoms with E-state index in [4.69, 9.17) is 25.4 Å². The van der Waals surface area contributed by atoms with Gasteiger partial charge in [-0.2, -0.15) is 0 Å². The Labute approximate surface area is 231 Å². The first-order valence-corrected chi connectivity index (χ1v) is 12.4. The fourth-order valence-corrected chi connectivity index (χ4v) is 3.57. The maximum atomic E-state index is 12.7. The van der Waals surface area contributed by atoms with Crippen molar-refractivity contribution in [3.8, 4) is 5.75 Å². The van der Waals surface area contributed by atoms with Crippen molar-refractivity contribution < 1.29 is 33.4 Å². The molecule has 0 saturated heterocycles. The fraction of sp³-hybridized carbons (Fsp3) is 0.167. The fourth-order valence-electron chi connectivity index (χ4n) is 3.57. The van der Waals surface area contributed by atoms with Crippen molar-refractivity contribution in [1.29, 1.82) is 5.41 Å².